The Kier molecular flexibility index (Phi) is 5.01. The van der Waals surface area contributed by atoms with Gasteiger partial charge in [0.1, 0.15) is 0 Å². The van der Waals surface area contributed by atoms with E-state index < -0.39 is 10.0 Å². The highest BCUT2D eigenvalue weighted by atomic mass is 32.2. The number of carbonyl (C=O) groups is 1. The maximum atomic E-state index is 12.3. The summed E-state index contributed by atoms with van der Waals surface area (Å²) in [7, 11) is -3.49. The second-order valence-corrected chi connectivity index (χ2v) is 8.32. The summed E-state index contributed by atoms with van der Waals surface area (Å²) < 4.78 is 24.5. The largest absolute Gasteiger partial charge is 0.343 e. The molecule has 25 heavy (non-hydrogen) atoms. The highest BCUT2D eigenvalue weighted by Crippen LogP contribution is 2.19. The topological polar surface area (TPSA) is 97.4 Å². The van der Waals surface area contributed by atoms with E-state index in [9.17, 15) is 13.2 Å². The van der Waals surface area contributed by atoms with Gasteiger partial charge in [-0.1, -0.05) is 18.2 Å². The van der Waals surface area contributed by atoms with Crippen LogP contribution in [0.5, 0.6) is 0 Å². The molecule has 0 bridgehead atoms. The molecule has 0 spiro atoms. The van der Waals surface area contributed by atoms with Crippen molar-refractivity contribution in [3.8, 4) is 0 Å². The molecular weight excluding hydrogens is 340 g/mol. The third-order valence-corrected chi connectivity index (χ3v) is 5.61. The number of hydrogen-bond donors (Lipinski definition) is 2. The molecule has 7 nitrogen and oxygen atoms in total. The van der Waals surface area contributed by atoms with Crippen LogP contribution < -0.4 is 10.5 Å². The summed E-state index contributed by atoms with van der Waals surface area (Å²) in [6, 6.07) is 10.2. The lowest BCUT2D eigenvalue weighted by molar-refractivity contribution is 0.207. The Morgan fingerprint density at radius 1 is 1.36 bits per heavy atom. The summed E-state index contributed by atoms with van der Waals surface area (Å²) in [4.78, 5) is 13.9. The summed E-state index contributed by atoms with van der Waals surface area (Å²) in [5, 5.41) is 9.20. The fraction of sp³-hybridized carbons (Fsp3) is 0.471. The number of fused-ring (bicyclic) bond motifs is 1. The number of carbonyl (C=O) groups excluding carboxylic acids is 1. The van der Waals surface area contributed by atoms with Crippen molar-refractivity contribution >= 4 is 27.0 Å². The second kappa shape index (κ2) is 7.05. The first-order chi connectivity index (χ1) is 11.8. The zero-order valence-corrected chi connectivity index (χ0v) is 15.1. The molecule has 8 heteroatoms. The lowest BCUT2D eigenvalue weighted by atomic mass is 10.2. The first kappa shape index (κ1) is 17.8. The van der Waals surface area contributed by atoms with Gasteiger partial charge < -0.3 is 14.8 Å². The number of para-hydroxylation sites is 1. The molecule has 2 aromatic rings. The lowest BCUT2D eigenvalue weighted by Crippen LogP contribution is -2.40. The van der Waals surface area contributed by atoms with Crippen LogP contribution in [0.3, 0.4) is 0 Å². The van der Waals surface area contributed by atoms with Gasteiger partial charge in [0.2, 0.25) is 10.0 Å². The zero-order valence-electron chi connectivity index (χ0n) is 14.3. The lowest BCUT2D eigenvalue weighted by Gasteiger charge is -2.18. The highest BCUT2D eigenvalue weighted by Gasteiger charge is 2.28. The van der Waals surface area contributed by atoms with Crippen molar-refractivity contribution in [3.05, 3.63) is 36.0 Å². The molecule has 1 aromatic heterocycles. The number of aryl methyl sites for hydroxylation is 1. The van der Waals surface area contributed by atoms with Crippen LogP contribution in [0.15, 0.2) is 30.3 Å². The number of nitrogens with two attached hydrogens (primary N) is 1. The van der Waals surface area contributed by atoms with Crippen molar-refractivity contribution in [2.45, 2.75) is 19.9 Å². The summed E-state index contributed by atoms with van der Waals surface area (Å²) >= 11 is 0. The standard InChI is InChI=1S/C17H24N4O3S/c1-13-10-15-4-2-3-5-16(15)21(13)9-7-19-17(22)20-8-6-14(11-20)12-25(18,23)24/h2-5,10,14H,6-9,11-12H2,1H3,(H,19,22)(H2,18,23,24). The number of hydrogen-bond acceptors (Lipinski definition) is 3. The number of likely N-dealkylation sites (tertiary alicyclic amines) is 1. The van der Waals surface area contributed by atoms with E-state index >= 15 is 0 Å². The average Bonchev–Trinajstić information content (AvgIpc) is 3.10. The van der Waals surface area contributed by atoms with Crippen LogP contribution in [0.25, 0.3) is 10.9 Å². The molecule has 0 aliphatic carbocycles. The number of nitrogens with one attached hydrogen (secondary N) is 1. The molecule has 1 atom stereocenters. The van der Waals surface area contributed by atoms with E-state index in [1.54, 1.807) is 4.90 Å². The fourth-order valence-electron chi connectivity index (χ4n) is 3.51. The quantitative estimate of drug-likeness (QED) is 0.836. The molecule has 3 N–H and O–H groups in total. The number of benzene rings is 1. The van der Waals surface area contributed by atoms with Crippen molar-refractivity contribution in [3.63, 3.8) is 0 Å². The van der Waals surface area contributed by atoms with E-state index in [-0.39, 0.29) is 17.7 Å². The molecular formula is C17H24N4O3S. The predicted octanol–water partition coefficient (Wildman–Crippen LogP) is 1.27. The molecule has 136 valence electrons. The molecule has 2 amide bonds. The Labute approximate surface area is 147 Å². The summed E-state index contributed by atoms with van der Waals surface area (Å²) in [5.41, 5.74) is 2.31. The Hall–Kier alpha value is -2.06. The molecule has 1 aliphatic rings. The first-order valence-electron chi connectivity index (χ1n) is 8.41. The van der Waals surface area contributed by atoms with Crippen LogP contribution in [0, 0.1) is 12.8 Å². The first-order valence-corrected chi connectivity index (χ1v) is 10.1. The number of aromatic nitrogens is 1. The van der Waals surface area contributed by atoms with Gasteiger partial charge in [0, 0.05) is 37.4 Å². The number of urea groups is 1. The van der Waals surface area contributed by atoms with E-state index in [0.29, 0.717) is 32.6 Å². The maximum Gasteiger partial charge on any atom is 0.317 e. The van der Waals surface area contributed by atoms with Gasteiger partial charge in [-0.25, -0.2) is 18.4 Å². The number of nitrogens with zero attached hydrogens (tertiary/aromatic N) is 2. The minimum atomic E-state index is -3.49. The Balaban J connectivity index is 1.52. The molecule has 1 aliphatic heterocycles. The maximum absolute atomic E-state index is 12.3. The number of amides is 2. The molecule has 1 fully saturated rings. The van der Waals surface area contributed by atoms with Crippen molar-refractivity contribution in [1.29, 1.82) is 0 Å². The number of primary sulfonamides is 1. The van der Waals surface area contributed by atoms with E-state index in [1.165, 1.54) is 5.39 Å². The fourth-order valence-corrected chi connectivity index (χ4v) is 4.44. The minimum absolute atomic E-state index is 0.0642. The van der Waals surface area contributed by atoms with E-state index in [0.717, 1.165) is 11.2 Å². The van der Waals surface area contributed by atoms with Gasteiger partial charge in [0.15, 0.2) is 0 Å². The smallest absolute Gasteiger partial charge is 0.317 e. The molecule has 0 saturated carbocycles. The predicted molar refractivity (Wildman–Crippen MR) is 97.7 cm³/mol. The van der Waals surface area contributed by atoms with Gasteiger partial charge in [-0.2, -0.15) is 0 Å². The molecule has 0 radical (unpaired) electrons. The molecule has 3 rings (SSSR count). The van der Waals surface area contributed by atoms with Gasteiger partial charge in [-0.3, -0.25) is 0 Å². The van der Waals surface area contributed by atoms with Crippen LogP contribution >= 0.6 is 0 Å². The van der Waals surface area contributed by atoms with Crippen LogP contribution in [-0.2, 0) is 16.6 Å². The molecule has 1 saturated heterocycles. The molecule has 2 heterocycles. The third kappa shape index (κ3) is 4.32. The van der Waals surface area contributed by atoms with Crippen LogP contribution in [0.2, 0.25) is 0 Å². The Morgan fingerprint density at radius 2 is 2.12 bits per heavy atom. The van der Waals surface area contributed by atoms with Crippen molar-refractivity contribution in [2.75, 3.05) is 25.4 Å². The van der Waals surface area contributed by atoms with Gasteiger partial charge in [0.05, 0.1) is 5.75 Å². The van der Waals surface area contributed by atoms with Crippen molar-refractivity contribution < 1.29 is 13.2 Å². The zero-order chi connectivity index (χ0) is 18.0. The van der Waals surface area contributed by atoms with Crippen molar-refractivity contribution in [2.24, 2.45) is 11.1 Å². The van der Waals surface area contributed by atoms with E-state index in [1.807, 2.05) is 12.1 Å². The number of rotatable bonds is 5. The average molecular weight is 364 g/mol. The van der Waals surface area contributed by atoms with Gasteiger partial charge in [0.25, 0.3) is 0 Å². The second-order valence-electron chi connectivity index (χ2n) is 6.66. The van der Waals surface area contributed by atoms with Gasteiger partial charge >= 0.3 is 6.03 Å². The highest BCUT2D eigenvalue weighted by molar-refractivity contribution is 7.89. The molecule has 1 aromatic carbocycles. The van der Waals surface area contributed by atoms with E-state index in [4.69, 9.17) is 5.14 Å². The van der Waals surface area contributed by atoms with Gasteiger partial charge in [-0.15, -0.1) is 0 Å². The normalized spacial score (nSPS) is 18.0. The molecule has 1 unspecified atom stereocenters. The number of sulfonamides is 1. The van der Waals surface area contributed by atoms with Crippen LogP contribution in [-0.4, -0.2) is 49.3 Å². The van der Waals surface area contributed by atoms with E-state index in [2.05, 4.69) is 35.0 Å². The van der Waals surface area contributed by atoms with Crippen LogP contribution in [0.4, 0.5) is 4.79 Å². The minimum Gasteiger partial charge on any atom is -0.343 e. The Morgan fingerprint density at radius 3 is 2.88 bits per heavy atom. The van der Waals surface area contributed by atoms with Crippen molar-refractivity contribution in [1.82, 2.24) is 14.8 Å². The summed E-state index contributed by atoms with van der Waals surface area (Å²) in [6.07, 6.45) is 0.672. The summed E-state index contributed by atoms with van der Waals surface area (Å²) in [6.45, 7) is 4.28. The SMILES string of the molecule is Cc1cc2ccccc2n1CCNC(=O)N1CCC(CS(N)(=O)=O)C1. The third-order valence-electron chi connectivity index (χ3n) is 4.67. The Bertz CT molecular complexity index is 875. The summed E-state index contributed by atoms with van der Waals surface area (Å²) in [5.74, 6) is -0.137. The van der Waals surface area contributed by atoms with Crippen LogP contribution in [0.1, 0.15) is 12.1 Å². The monoisotopic (exact) mass is 364 g/mol. The van der Waals surface area contributed by atoms with Gasteiger partial charge in [-0.05, 0) is 36.8 Å².